The zero-order valence-electron chi connectivity index (χ0n) is 15.8. The Hall–Kier alpha value is -2.66. The maximum Gasteiger partial charge on any atom is 0.431 e. The predicted molar refractivity (Wildman–Crippen MR) is 104 cm³/mol. The van der Waals surface area contributed by atoms with Gasteiger partial charge in [-0.3, -0.25) is 9.36 Å². The van der Waals surface area contributed by atoms with Crippen LogP contribution in [0.25, 0.3) is 16.3 Å². The molecule has 3 aromatic rings. The molecule has 0 bridgehead atoms. The third-order valence-electron chi connectivity index (χ3n) is 4.15. The summed E-state index contributed by atoms with van der Waals surface area (Å²) in [6.07, 6.45) is -4.93. The van der Waals surface area contributed by atoms with Gasteiger partial charge < -0.3 is 4.74 Å². The van der Waals surface area contributed by atoms with E-state index in [-0.39, 0.29) is 21.2 Å². The summed E-state index contributed by atoms with van der Waals surface area (Å²) in [5.74, 6) is -0.705. The first-order valence-electron chi connectivity index (χ1n) is 8.46. The fourth-order valence-electron chi connectivity index (χ4n) is 2.76. The number of ether oxygens (including phenoxy) is 1. The minimum atomic E-state index is -4.93. The van der Waals surface area contributed by atoms with Crippen molar-refractivity contribution in [1.82, 2.24) is 14.1 Å². The van der Waals surface area contributed by atoms with Gasteiger partial charge in [0.25, 0.3) is 5.56 Å². The van der Waals surface area contributed by atoms with Crippen molar-refractivity contribution in [2.75, 3.05) is 6.61 Å². The molecule has 0 atom stereocenters. The minimum absolute atomic E-state index is 0.0511. The summed E-state index contributed by atoms with van der Waals surface area (Å²) in [7, 11) is 0.842. The first kappa shape index (κ1) is 22.0. The van der Waals surface area contributed by atoms with Gasteiger partial charge in [0.1, 0.15) is 16.5 Å². The van der Waals surface area contributed by atoms with Gasteiger partial charge in [-0.05, 0) is 26.0 Å². The van der Waals surface area contributed by atoms with E-state index in [1.807, 2.05) is 0 Å². The van der Waals surface area contributed by atoms with Crippen molar-refractivity contribution in [3.8, 4) is 22.1 Å². The molecule has 1 aromatic carbocycles. The Morgan fingerprint density at radius 3 is 2.50 bits per heavy atom. The molecule has 0 unspecified atom stereocenters. The summed E-state index contributed by atoms with van der Waals surface area (Å²) in [4.78, 5) is 29.8. The van der Waals surface area contributed by atoms with Gasteiger partial charge in [0, 0.05) is 18.7 Å². The molecule has 0 fully saturated rings. The number of benzene rings is 1. The van der Waals surface area contributed by atoms with Crippen LogP contribution in [0.4, 0.5) is 17.6 Å². The van der Waals surface area contributed by atoms with E-state index >= 15 is 0 Å². The van der Waals surface area contributed by atoms with E-state index in [1.54, 1.807) is 13.8 Å². The van der Waals surface area contributed by atoms with Crippen LogP contribution < -0.4 is 16.0 Å². The quantitative estimate of drug-likeness (QED) is 0.544. The number of nitrogens with zero attached hydrogens (tertiary/aromatic N) is 3. The van der Waals surface area contributed by atoms with Crippen LogP contribution in [0.1, 0.15) is 17.5 Å². The molecule has 0 saturated heterocycles. The molecule has 2 heterocycles. The van der Waals surface area contributed by atoms with Gasteiger partial charge >= 0.3 is 11.9 Å². The van der Waals surface area contributed by atoms with Gasteiger partial charge in [-0.1, -0.05) is 11.6 Å². The Kier molecular flexibility index (Phi) is 5.79. The van der Waals surface area contributed by atoms with Crippen molar-refractivity contribution >= 4 is 22.9 Å². The smallest absolute Gasteiger partial charge is 0.431 e. The molecule has 3 rings (SSSR count). The Morgan fingerprint density at radius 1 is 1.23 bits per heavy atom. The van der Waals surface area contributed by atoms with Crippen LogP contribution in [0.5, 0.6) is 5.88 Å². The lowest BCUT2D eigenvalue weighted by Gasteiger charge is -2.15. The monoisotopic (exact) mass is 463 g/mol. The number of hydrogen-bond donors (Lipinski definition) is 0. The van der Waals surface area contributed by atoms with Crippen LogP contribution in [-0.2, 0) is 13.2 Å². The highest BCUT2D eigenvalue weighted by Gasteiger charge is 2.35. The number of alkyl halides is 3. The molecule has 6 nitrogen and oxygen atoms in total. The third-order valence-corrected chi connectivity index (χ3v) is 5.45. The highest BCUT2D eigenvalue weighted by molar-refractivity contribution is 7.15. The molecule has 0 aliphatic carbocycles. The van der Waals surface area contributed by atoms with E-state index in [0.717, 1.165) is 24.1 Å². The average Bonchev–Trinajstić information content (AvgIpc) is 2.99. The van der Waals surface area contributed by atoms with Crippen LogP contribution in [-0.4, -0.2) is 20.7 Å². The molecule has 0 radical (unpaired) electrons. The van der Waals surface area contributed by atoms with Gasteiger partial charge in [-0.2, -0.15) is 13.2 Å². The zero-order valence-corrected chi connectivity index (χ0v) is 17.4. The number of aryl methyl sites for hydroxylation is 1. The standard InChI is InChI=1S/C18H14ClF4N3O3S/c1-4-29-15-8(2)30-16(24-15)9-5-12(11(20)6-10(9)19)26-14(27)7-13(18(21,22)23)25(3)17(26)28/h5-7H,4H2,1-3H3. The zero-order chi connectivity index (χ0) is 22.4. The van der Waals surface area contributed by atoms with Crippen molar-refractivity contribution in [3.63, 3.8) is 0 Å². The van der Waals surface area contributed by atoms with Crippen LogP contribution in [0.2, 0.25) is 5.02 Å². The number of halogens is 5. The van der Waals surface area contributed by atoms with Gasteiger partial charge in [-0.15, -0.1) is 11.3 Å². The minimum Gasteiger partial charge on any atom is -0.477 e. The Bertz CT molecular complexity index is 1250. The molecule has 12 heteroatoms. The summed E-state index contributed by atoms with van der Waals surface area (Å²) < 4.78 is 59.7. The van der Waals surface area contributed by atoms with Crippen molar-refractivity contribution in [1.29, 1.82) is 0 Å². The van der Waals surface area contributed by atoms with Crippen molar-refractivity contribution in [3.05, 3.63) is 60.4 Å². The number of aromatic nitrogens is 3. The average molecular weight is 464 g/mol. The summed E-state index contributed by atoms with van der Waals surface area (Å²) in [6, 6.07) is 2.20. The van der Waals surface area contributed by atoms with Gasteiger partial charge in [-0.25, -0.2) is 18.7 Å². The number of rotatable bonds is 4. The maximum atomic E-state index is 14.6. The maximum absolute atomic E-state index is 14.6. The predicted octanol–water partition coefficient (Wildman–Crippen LogP) is 4.18. The van der Waals surface area contributed by atoms with Gasteiger partial charge in [0.2, 0.25) is 5.88 Å². The third kappa shape index (κ3) is 3.86. The highest BCUT2D eigenvalue weighted by atomic mass is 35.5. The second-order valence-corrected chi connectivity index (χ2v) is 7.75. The summed E-state index contributed by atoms with van der Waals surface area (Å²) >= 11 is 7.31. The molecule has 0 saturated carbocycles. The molecular formula is C18H14ClF4N3O3S. The molecule has 0 spiro atoms. The number of thiazole rings is 1. The molecule has 0 N–H and O–H groups in total. The second kappa shape index (κ2) is 7.88. The molecule has 160 valence electrons. The molecule has 30 heavy (non-hydrogen) atoms. The Balaban J connectivity index is 2.26. The molecule has 0 amide bonds. The fraction of sp³-hybridized carbons (Fsp3) is 0.278. The topological polar surface area (TPSA) is 66.1 Å². The van der Waals surface area contributed by atoms with Crippen LogP contribution in [0, 0.1) is 12.7 Å². The summed E-state index contributed by atoms with van der Waals surface area (Å²) in [5.41, 5.74) is -4.48. The van der Waals surface area contributed by atoms with E-state index < -0.39 is 34.6 Å². The molecule has 0 aliphatic heterocycles. The first-order valence-corrected chi connectivity index (χ1v) is 9.65. The van der Waals surface area contributed by atoms with Crippen LogP contribution in [0.15, 0.2) is 27.8 Å². The fourth-order valence-corrected chi connectivity index (χ4v) is 3.95. The lowest BCUT2D eigenvalue weighted by atomic mass is 10.2. The first-order chi connectivity index (χ1) is 14.0. The summed E-state index contributed by atoms with van der Waals surface area (Å²) in [6.45, 7) is 3.89. The Morgan fingerprint density at radius 2 is 1.90 bits per heavy atom. The van der Waals surface area contributed by atoms with Crippen molar-refractivity contribution in [2.45, 2.75) is 20.0 Å². The lowest BCUT2D eigenvalue weighted by Crippen LogP contribution is -2.41. The lowest BCUT2D eigenvalue weighted by molar-refractivity contribution is -0.144. The van der Waals surface area contributed by atoms with Crippen molar-refractivity contribution in [2.24, 2.45) is 7.05 Å². The van der Waals surface area contributed by atoms with E-state index in [9.17, 15) is 27.2 Å². The van der Waals surface area contributed by atoms with E-state index in [4.69, 9.17) is 16.3 Å². The second-order valence-electron chi connectivity index (χ2n) is 6.14. The largest absolute Gasteiger partial charge is 0.477 e. The highest BCUT2D eigenvalue weighted by Crippen LogP contribution is 2.37. The summed E-state index contributed by atoms with van der Waals surface area (Å²) in [5, 5.41) is 0.281. The Labute approximate surface area is 175 Å². The normalized spacial score (nSPS) is 11.7. The van der Waals surface area contributed by atoms with E-state index in [2.05, 4.69) is 4.98 Å². The van der Waals surface area contributed by atoms with E-state index in [1.165, 1.54) is 11.3 Å². The SMILES string of the molecule is CCOc1nc(-c2cc(-n3c(=O)cc(C(F)(F)F)n(C)c3=O)c(F)cc2Cl)sc1C. The van der Waals surface area contributed by atoms with Crippen LogP contribution in [0.3, 0.4) is 0 Å². The van der Waals surface area contributed by atoms with Crippen LogP contribution >= 0.6 is 22.9 Å². The van der Waals surface area contributed by atoms with Gasteiger partial charge in [0.05, 0.1) is 22.2 Å². The number of hydrogen-bond acceptors (Lipinski definition) is 5. The van der Waals surface area contributed by atoms with Gasteiger partial charge in [0.15, 0.2) is 0 Å². The molecular weight excluding hydrogens is 450 g/mol. The van der Waals surface area contributed by atoms with Crippen molar-refractivity contribution < 1.29 is 22.3 Å². The molecule has 0 aliphatic rings. The van der Waals surface area contributed by atoms with E-state index in [0.29, 0.717) is 22.1 Å². The molecule has 2 aromatic heterocycles.